The molecule has 1 aromatic rings. The van der Waals surface area contributed by atoms with E-state index in [1.165, 1.54) is 5.56 Å². The Morgan fingerprint density at radius 3 is 2.54 bits per heavy atom. The summed E-state index contributed by atoms with van der Waals surface area (Å²) in [4.78, 5) is 2.15. The second-order valence-corrected chi connectivity index (χ2v) is 3.21. The summed E-state index contributed by atoms with van der Waals surface area (Å²) < 4.78 is 0. The lowest BCUT2D eigenvalue weighted by Gasteiger charge is -2.22. The van der Waals surface area contributed by atoms with Gasteiger partial charge < -0.3 is 0 Å². The van der Waals surface area contributed by atoms with Gasteiger partial charge in [-0.15, -0.1) is 6.42 Å². The number of hydrogen-bond acceptors (Lipinski definition) is 1. The molecule has 13 heavy (non-hydrogen) atoms. The van der Waals surface area contributed by atoms with Crippen molar-refractivity contribution >= 4 is 0 Å². The molecular weight excluding hydrogens is 158 g/mol. The summed E-state index contributed by atoms with van der Waals surface area (Å²) in [7, 11) is 2.04. The fraction of sp³-hybridized carbons (Fsp3) is 0.333. The first kappa shape index (κ1) is 9.83. The van der Waals surface area contributed by atoms with Gasteiger partial charge >= 0.3 is 0 Å². The average Bonchev–Trinajstić information content (AvgIpc) is 2.18. The van der Waals surface area contributed by atoms with Gasteiger partial charge in [0.05, 0.1) is 6.54 Å². The third-order valence-corrected chi connectivity index (χ3v) is 2.28. The minimum absolute atomic E-state index is 0.386. The van der Waals surface area contributed by atoms with Gasteiger partial charge in [-0.25, -0.2) is 0 Å². The lowest BCUT2D eigenvalue weighted by molar-refractivity contribution is 0.294. The largest absolute Gasteiger partial charge is 0.289 e. The van der Waals surface area contributed by atoms with Crippen molar-refractivity contribution in [2.45, 2.75) is 13.0 Å². The van der Waals surface area contributed by atoms with Crippen LogP contribution in [0.5, 0.6) is 0 Å². The first-order chi connectivity index (χ1) is 6.25. The van der Waals surface area contributed by atoms with Crippen molar-refractivity contribution in [2.75, 3.05) is 13.6 Å². The van der Waals surface area contributed by atoms with E-state index < -0.39 is 0 Å². The minimum atomic E-state index is 0.386. The molecule has 1 heteroatoms. The molecule has 0 fully saturated rings. The summed E-state index contributed by atoms with van der Waals surface area (Å²) in [6.45, 7) is 2.85. The summed E-state index contributed by atoms with van der Waals surface area (Å²) >= 11 is 0. The van der Waals surface area contributed by atoms with Crippen molar-refractivity contribution in [2.24, 2.45) is 0 Å². The van der Waals surface area contributed by atoms with Gasteiger partial charge in [0.25, 0.3) is 0 Å². The molecule has 1 unspecified atom stereocenters. The third-order valence-electron chi connectivity index (χ3n) is 2.28. The summed E-state index contributed by atoms with van der Waals surface area (Å²) in [6.07, 6.45) is 5.25. The Morgan fingerprint density at radius 1 is 1.38 bits per heavy atom. The quantitative estimate of drug-likeness (QED) is 0.634. The molecule has 0 saturated heterocycles. The Bertz CT molecular complexity index is 284. The van der Waals surface area contributed by atoms with E-state index in [0.717, 1.165) is 0 Å². The van der Waals surface area contributed by atoms with E-state index >= 15 is 0 Å². The highest BCUT2D eigenvalue weighted by Gasteiger charge is 2.08. The molecule has 1 aromatic carbocycles. The number of nitrogens with zero attached hydrogens (tertiary/aromatic N) is 1. The highest BCUT2D eigenvalue weighted by molar-refractivity contribution is 5.18. The molecule has 1 nitrogen and oxygen atoms in total. The van der Waals surface area contributed by atoms with Crippen LogP contribution in [0.15, 0.2) is 30.3 Å². The molecule has 0 aromatic heterocycles. The molecule has 1 rings (SSSR count). The molecule has 0 bridgehead atoms. The van der Waals surface area contributed by atoms with Gasteiger partial charge in [-0.3, -0.25) is 4.90 Å². The van der Waals surface area contributed by atoms with Crippen molar-refractivity contribution in [3.8, 4) is 12.3 Å². The average molecular weight is 173 g/mol. The zero-order chi connectivity index (χ0) is 9.68. The van der Waals surface area contributed by atoms with E-state index in [1.54, 1.807) is 0 Å². The van der Waals surface area contributed by atoms with Crippen molar-refractivity contribution < 1.29 is 0 Å². The second-order valence-electron chi connectivity index (χ2n) is 3.21. The molecule has 0 saturated carbocycles. The molecule has 0 aliphatic heterocycles. The van der Waals surface area contributed by atoms with Gasteiger partial charge in [-0.05, 0) is 19.5 Å². The van der Waals surface area contributed by atoms with Crippen molar-refractivity contribution in [3.63, 3.8) is 0 Å². The summed E-state index contributed by atoms with van der Waals surface area (Å²) in [5, 5.41) is 0. The maximum atomic E-state index is 5.25. The monoisotopic (exact) mass is 173 g/mol. The Kier molecular flexibility index (Phi) is 3.54. The normalized spacial score (nSPS) is 12.5. The van der Waals surface area contributed by atoms with E-state index in [0.29, 0.717) is 12.6 Å². The molecule has 0 aliphatic rings. The standard InChI is InChI=1S/C12H15N/c1-4-10-13(3)11(2)12-8-6-5-7-9-12/h1,5-9,11H,10H2,2-3H3. The van der Waals surface area contributed by atoms with Gasteiger partial charge in [-0.1, -0.05) is 36.3 Å². The smallest absolute Gasteiger partial charge is 0.0601 e. The Labute approximate surface area is 80.4 Å². The number of terminal acetylenes is 1. The van der Waals surface area contributed by atoms with E-state index in [4.69, 9.17) is 6.42 Å². The first-order valence-corrected chi connectivity index (χ1v) is 4.44. The van der Waals surface area contributed by atoms with Crippen molar-refractivity contribution in [1.82, 2.24) is 4.90 Å². The van der Waals surface area contributed by atoms with Crippen molar-refractivity contribution in [3.05, 3.63) is 35.9 Å². The molecular formula is C12H15N. The van der Waals surface area contributed by atoms with E-state index in [9.17, 15) is 0 Å². The SMILES string of the molecule is C#CCN(C)C(C)c1ccccc1. The highest BCUT2D eigenvalue weighted by Crippen LogP contribution is 2.16. The zero-order valence-electron chi connectivity index (χ0n) is 8.20. The minimum Gasteiger partial charge on any atom is -0.289 e. The molecule has 1 atom stereocenters. The van der Waals surface area contributed by atoms with Crippen LogP contribution in [0.1, 0.15) is 18.5 Å². The summed E-state index contributed by atoms with van der Waals surface area (Å²) in [5.41, 5.74) is 1.31. The predicted octanol–water partition coefficient (Wildman–Crippen LogP) is 2.31. The Hall–Kier alpha value is -1.26. The van der Waals surface area contributed by atoms with Crippen LogP contribution in [-0.2, 0) is 0 Å². The number of rotatable bonds is 3. The Morgan fingerprint density at radius 2 is 2.00 bits per heavy atom. The molecule has 0 aliphatic carbocycles. The fourth-order valence-corrected chi connectivity index (χ4v) is 1.27. The lowest BCUT2D eigenvalue weighted by Crippen LogP contribution is -2.22. The Balaban J connectivity index is 2.69. The van der Waals surface area contributed by atoms with E-state index in [-0.39, 0.29) is 0 Å². The molecule has 0 radical (unpaired) electrons. The predicted molar refractivity (Wildman–Crippen MR) is 56.3 cm³/mol. The van der Waals surface area contributed by atoms with Gasteiger partial charge in [-0.2, -0.15) is 0 Å². The van der Waals surface area contributed by atoms with Crippen LogP contribution in [-0.4, -0.2) is 18.5 Å². The zero-order valence-corrected chi connectivity index (χ0v) is 8.20. The summed E-state index contributed by atoms with van der Waals surface area (Å²) in [6, 6.07) is 10.8. The molecule has 68 valence electrons. The van der Waals surface area contributed by atoms with Crippen molar-refractivity contribution in [1.29, 1.82) is 0 Å². The number of hydrogen-bond donors (Lipinski definition) is 0. The van der Waals surface area contributed by atoms with Crippen LogP contribution in [0, 0.1) is 12.3 Å². The van der Waals surface area contributed by atoms with Gasteiger partial charge in [0.1, 0.15) is 0 Å². The van der Waals surface area contributed by atoms with Crippen LogP contribution in [0.25, 0.3) is 0 Å². The molecule has 0 N–H and O–H groups in total. The van der Waals surface area contributed by atoms with Gasteiger partial charge in [0, 0.05) is 6.04 Å². The molecule has 0 heterocycles. The molecule has 0 spiro atoms. The number of benzene rings is 1. The van der Waals surface area contributed by atoms with Gasteiger partial charge in [0.2, 0.25) is 0 Å². The van der Waals surface area contributed by atoms with Crippen LogP contribution in [0.4, 0.5) is 0 Å². The fourth-order valence-electron chi connectivity index (χ4n) is 1.27. The second kappa shape index (κ2) is 4.69. The first-order valence-electron chi connectivity index (χ1n) is 4.44. The van der Waals surface area contributed by atoms with Crippen LogP contribution < -0.4 is 0 Å². The highest BCUT2D eigenvalue weighted by atomic mass is 15.1. The van der Waals surface area contributed by atoms with Crippen LogP contribution in [0.2, 0.25) is 0 Å². The maximum Gasteiger partial charge on any atom is 0.0601 e. The van der Waals surface area contributed by atoms with Gasteiger partial charge in [0.15, 0.2) is 0 Å². The molecule has 0 amide bonds. The maximum absolute atomic E-state index is 5.25. The summed E-state index contributed by atoms with van der Waals surface area (Å²) in [5.74, 6) is 2.64. The lowest BCUT2D eigenvalue weighted by atomic mass is 10.1. The van der Waals surface area contributed by atoms with E-state index in [1.807, 2.05) is 13.1 Å². The van der Waals surface area contributed by atoms with Crippen LogP contribution >= 0.6 is 0 Å². The topological polar surface area (TPSA) is 3.24 Å². The third kappa shape index (κ3) is 2.61. The van der Waals surface area contributed by atoms with Crippen LogP contribution in [0.3, 0.4) is 0 Å². The van der Waals surface area contributed by atoms with E-state index in [2.05, 4.69) is 42.0 Å².